The van der Waals surface area contributed by atoms with Gasteiger partial charge in [0.1, 0.15) is 6.61 Å². The third kappa shape index (κ3) is 4.19. The Morgan fingerprint density at radius 3 is 2.71 bits per heavy atom. The molecule has 190 valence electrons. The number of esters is 1. The van der Waals surface area contributed by atoms with E-state index < -0.39 is 11.5 Å². The summed E-state index contributed by atoms with van der Waals surface area (Å²) in [4.78, 5) is 24.0. The molecule has 0 saturated heterocycles. The number of allylic oxidation sites excluding steroid dienone is 5. The first-order valence-corrected chi connectivity index (χ1v) is 13.4. The molecule has 0 aliphatic heterocycles. The molecular formula is C30H40O5. The van der Waals surface area contributed by atoms with E-state index in [2.05, 4.69) is 12.2 Å². The smallest absolute Gasteiger partial charge is 0.332 e. The maximum absolute atomic E-state index is 12.5. The molecule has 0 radical (unpaired) electrons. The molecule has 0 bridgehead atoms. The summed E-state index contributed by atoms with van der Waals surface area (Å²) in [5, 5.41) is 11.0. The minimum Gasteiger partial charge on any atom is -0.461 e. The summed E-state index contributed by atoms with van der Waals surface area (Å²) in [5.41, 5.74) is 0.734. The molecule has 0 heterocycles. The number of fused-ring (bicyclic) bond motifs is 2. The summed E-state index contributed by atoms with van der Waals surface area (Å²) >= 11 is 0. The molecule has 35 heavy (non-hydrogen) atoms. The van der Waals surface area contributed by atoms with E-state index in [9.17, 15) is 14.7 Å². The minimum atomic E-state index is -0.534. The van der Waals surface area contributed by atoms with Crippen LogP contribution in [0.5, 0.6) is 0 Å². The molecule has 0 aromatic heterocycles. The second-order valence-corrected chi connectivity index (χ2v) is 12.3. The zero-order chi connectivity index (χ0) is 25.0. The standard InChI is InChI=1S/C30H40O5/c1-18(2)35-26(33)17-34-13-6-5-8-19-10-11-24(31)21(19)15-29(3,4)25(32)9-7-12-30-16-22-20-14-23(30)27(20)28(22)30/h5-7,10-12,15,18-20,22-23,25,27-28,32H,8-9,13-14,16-17H2,1-4H3/b6-5-,12-7-,21-15+/t19-,20?,22?,23?,25-,27?,28?,30?/m0/s1. The molecule has 5 heteroatoms. The van der Waals surface area contributed by atoms with Crippen LogP contribution in [0.15, 0.2) is 48.1 Å². The number of ether oxygens (including phenoxy) is 2. The van der Waals surface area contributed by atoms with Crippen molar-refractivity contribution in [2.24, 2.45) is 46.3 Å². The van der Waals surface area contributed by atoms with Crippen LogP contribution >= 0.6 is 0 Å². The Bertz CT molecular complexity index is 969. The van der Waals surface area contributed by atoms with Gasteiger partial charge in [0.2, 0.25) is 0 Å². The van der Waals surface area contributed by atoms with Gasteiger partial charge >= 0.3 is 5.97 Å². The maximum atomic E-state index is 12.5. The minimum absolute atomic E-state index is 0.00504. The first-order valence-electron chi connectivity index (χ1n) is 13.4. The first kappa shape index (κ1) is 24.7. The van der Waals surface area contributed by atoms with Gasteiger partial charge in [-0.2, -0.15) is 0 Å². The van der Waals surface area contributed by atoms with E-state index in [4.69, 9.17) is 9.47 Å². The molecule has 4 saturated carbocycles. The van der Waals surface area contributed by atoms with Gasteiger partial charge in [0, 0.05) is 16.9 Å². The van der Waals surface area contributed by atoms with Gasteiger partial charge < -0.3 is 14.6 Å². The molecule has 0 aromatic carbocycles. The average molecular weight is 481 g/mol. The molecule has 8 atom stereocenters. The van der Waals surface area contributed by atoms with E-state index in [1.807, 2.05) is 38.2 Å². The Hall–Kier alpha value is -1.98. The molecule has 0 spiro atoms. The monoisotopic (exact) mass is 480 g/mol. The van der Waals surface area contributed by atoms with Crippen LogP contribution in [0.1, 0.15) is 53.4 Å². The topological polar surface area (TPSA) is 72.8 Å². The molecule has 4 fully saturated rings. The number of hydrogen-bond acceptors (Lipinski definition) is 5. The van der Waals surface area contributed by atoms with Crippen molar-refractivity contribution in [1.82, 2.24) is 0 Å². The predicted molar refractivity (Wildman–Crippen MR) is 134 cm³/mol. The van der Waals surface area contributed by atoms with Gasteiger partial charge in [0.15, 0.2) is 5.78 Å². The van der Waals surface area contributed by atoms with Crippen molar-refractivity contribution in [2.75, 3.05) is 13.2 Å². The highest BCUT2D eigenvalue weighted by Gasteiger charge is 2.85. The van der Waals surface area contributed by atoms with Crippen LogP contribution in [-0.2, 0) is 19.1 Å². The number of aliphatic hydroxyl groups excluding tert-OH is 1. The largest absolute Gasteiger partial charge is 0.461 e. The van der Waals surface area contributed by atoms with Crippen LogP contribution in [0.4, 0.5) is 0 Å². The van der Waals surface area contributed by atoms with Crippen molar-refractivity contribution in [3.8, 4) is 0 Å². The van der Waals surface area contributed by atoms with Gasteiger partial charge in [-0.05, 0) is 80.6 Å². The number of aliphatic hydroxyl groups is 1. The summed E-state index contributed by atoms with van der Waals surface area (Å²) in [6.07, 6.45) is 17.5. The summed E-state index contributed by atoms with van der Waals surface area (Å²) in [7, 11) is 0. The number of ketones is 1. The number of hydrogen-bond donors (Lipinski definition) is 1. The summed E-state index contributed by atoms with van der Waals surface area (Å²) in [5.74, 6) is 4.67. The molecule has 5 nitrogen and oxygen atoms in total. The Morgan fingerprint density at radius 2 is 2.06 bits per heavy atom. The zero-order valence-corrected chi connectivity index (χ0v) is 21.5. The first-order chi connectivity index (χ1) is 16.6. The number of carbonyl (C=O) groups is 2. The van der Waals surface area contributed by atoms with Crippen LogP contribution in [-0.4, -0.2) is 42.3 Å². The molecule has 1 N–H and O–H groups in total. The highest BCUT2D eigenvalue weighted by Crippen LogP contribution is 2.90. The van der Waals surface area contributed by atoms with E-state index in [0.29, 0.717) is 24.9 Å². The lowest BCUT2D eigenvalue weighted by Crippen LogP contribution is -2.85. The maximum Gasteiger partial charge on any atom is 0.332 e. The fourth-order valence-electron chi connectivity index (χ4n) is 7.68. The van der Waals surface area contributed by atoms with Crippen LogP contribution in [0.25, 0.3) is 0 Å². The van der Waals surface area contributed by atoms with Crippen LogP contribution in [0.2, 0.25) is 0 Å². The van der Waals surface area contributed by atoms with Crippen molar-refractivity contribution in [2.45, 2.75) is 65.6 Å². The van der Waals surface area contributed by atoms with Crippen LogP contribution < -0.4 is 0 Å². The van der Waals surface area contributed by atoms with Crippen molar-refractivity contribution >= 4 is 11.8 Å². The fraction of sp³-hybridized carbons (Fsp3) is 0.667. The number of carbonyl (C=O) groups excluding carboxylic acids is 2. The van der Waals surface area contributed by atoms with E-state index in [1.165, 1.54) is 12.8 Å². The predicted octanol–water partition coefficient (Wildman–Crippen LogP) is 4.82. The highest BCUT2D eigenvalue weighted by atomic mass is 16.6. The molecule has 5 aliphatic rings. The van der Waals surface area contributed by atoms with Gasteiger partial charge in [0.25, 0.3) is 0 Å². The molecule has 0 amide bonds. The molecule has 5 aliphatic carbocycles. The Labute approximate surface area is 209 Å². The van der Waals surface area contributed by atoms with Gasteiger partial charge in [-0.1, -0.05) is 50.3 Å². The van der Waals surface area contributed by atoms with Crippen LogP contribution in [0, 0.1) is 46.3 Å². The highest BCUT2D eigenvalue weighted by molar-refractivity contribution is 6.07. The summed E-state index contributed by atoms with van der Waals surface area (Å²) in [6.45, 7) is 7.89. The third-order valence-electron chi connectivity index (χ3n) is 9.51. The van der Waals surface area contributed by atoms with E-state index in [1.54, 1.807) is 19.9 Å². The zero-order valence-electron chi connectivity index (χ0n) is 21.5. The lowest BCUT2D eigenvalue weighted by molar-refractivity contribution is -0.408. The Balaban J connectivity index is 1.09. The third-order valence-corrected chi connectivity index (χ3v) is 9.51. The normalized spacial score (nSPS) is 38.3. The number of rotatable bonds is 12. The molecule has 5 rings (SSSR count). The SMILES string of the molecule is CC(C)OC(=O)COC/C=C\C[C@H]1C=CC(=O)/C1=C/C(C)(C)[C@@H](O)C/C=C\C12CC3C4CC1C4C32. The van der Waals surface area contributed by atoms with Gasteiger partial charge in [-0.25, -0.2) is 4.79 Å². The van der Waals surface area contributed by atoms with E-state index in [0.717, 1.165) is 35.2 Å². The summed E-state index contributed by atoms with van der Waals surface area (Å²) in [6, 6.07) is 0. The quantitative estimate of drug-likeness (QED) is 0.188. The lowest BCUT2D eigenvalue weighted by Gasteiger charge is -2.90. The second kappa shape index (κ2) is 9.15. The fourth-order valence-corrected chi connectivity index (χ4v) is 7.68. The van der Waals surface area contributed by atoms with E-state index in [-0.39, 0.29) is 30.4 Å². The Kier molecular flexibility index (Phi) is 6.46. The van der Waals surface area contributed by atoms with Crippen molar-refractivity contribution < 1.29 is 24.2 Å². The average Bonchev–Trinajstić information content (AvgIpc) is 3.12. The van der Waals surface area contributed by atoms with Gasteiger partial charge in [-0.3, -0.25) is 4.79 Å². The van der Waals surface area contributed by atoms with Crippen molar-refractivity contribution in [3.05, 3.63) is 48.1 Å². The van der Waals surface area contributed by atoms with E-state index >= 15 is 0 Å². The van der Waals surface area contributed by atoms with Crippen LogP contribution in [0.3, 0.4) is 0 Å². The Morgan fingerprint density at radius 1 is 1.26 bits per heavy atom. The molecule has 0 aromatic rings. The molecule has 6 unspecified atom stereocenters. The van der Waals surface area contributed by atoms with Gasteiger partial charge in [-0.15, -0.1) is 0 Å². The lowest BCUT2D eigenvalue weighted by atomic mass is 9.14. The van der Waals surface area contributed by atoms with Crippen molar-refractivity contribution in [3.63, 3.8) is 0 Å². The summed E-state index contributed by atoms with van der Waals surface area (Å²) < 4.78 is 10.4. The second-order valence-electron chi connectivity index (χ2n) is 12.3. The molecular weight excluding hydrogens is 440 g/mol. The van der Waals surface area contributed by atoms with Crippen molar-refractivity contribution in [1.29, 1.82) is 0 Å². The van der Waals surface area contributed by atoms with Gasteiger partial charge in [0.05, 0.1) is 18.8 Å².